The smallest absolute Gasteiger partial charge is 0.239 e. The van der Waals surface area contributed by atoms with Crippen molar-refractivity contribution in [2.75, 3.05) is 13.1 Å². The molecule has 104 valence electrons. The third kappa shape index (κ3) is 5.99. The maximum atomic E-state index is 11.8. The Bertz CT molecular complexity index is 418. The van der Waals surface area contributed by atoms with E-state index in [-0.39, 0.29) is 18.4 Å². The van der Waals surface area contributed by atoms with Crippen LogP contribution in [0.2, 0.25) is 0 Å². The number of hydrogen-bond acceptors (Lipinski definition) is 3. The first kappa shape index (κ1) is 15.1. The Morgan fingerprint density at radius 1 is 1.42 bits per heavy atom. The maximum absolute atomic E-state index is 11.8. The van der Waals surface area contributed by atoms with Gasteiger partial charge in [0.1, 0.15) is 0 Å². The molecule has 2 amide bonds. The Kier molecular flexibility index (Phi) is 5.99. The molecule has 0 aliphatic rings. The largest absolute Gasteiger partial charge is 0.350 e. The number of amides is 2. The lowest BCUT2D eigenvalue weighted by Crippen LogP contribution is -2.41. The summed E-state index contributed by atoms with van der Waals surface area (Å²) in [5, 5.41) is 2.78. The average molecular weight is 263 g/mol. The van der Waals surface area contributed by atoms with Crippen molar-refractivity contribution < 1.29 is 9.59 Å². The molecule has 5 nitrogen and oxygen atoms in total. The molecule has 0 spiro atoms. The fourth-order valence-corrected chi connectivity index (χ4v) is 1.68. The SMILES string of the molecule is CC(=O)N(CC(=O)NCc1cccnc1)CC(C)C. The molecule has 19 heavy (non-hydrogen) atoms. The molecule has 0 aliphatic carbocycles. The van der Waals surface area contributed by atoms with Crippen LogP contribution in [0.5, 0.6) is 0 Å². The maximum Gasteiger partial charge on any atom is 0.239 e. The standard InChI is InChI=1S/C14H21N3O2/c1-11(2)9-17(12(3)18)10-14(19)16-8-13-5-4-6-15-7-13/h4-7,11H,8-10H2,1-3H3,(H,16,19). The highest BCUT2D eigenvalue weighted by Gasteiger charge is 2.14. The van der Waals surface area contributed by atoms with E-state index in [2.05, 4.69) is 10.3 Å². The van der Waals surface area contributed by atoms with Gasteiger partial charge in [0.25, 0.3) is 0 Å². The van der Waals surface area contributed by atoms with Crippen molar-refractivity contribution in [3.8, 4) is 0 Å². The lowest BCUT2D eigenvalue weighted by atomic mass is 10.2. The van der Waals surface area contributed by atoms with Gasteiger partial charge in [-0.2, -0.15) is 0 Å². The lowest BCUT2D eigenvalue weighted by molar-refractivity contribution is -0.134. The molecule has 0 bridgehead atoms. The van der Waals surface area contributed by atoms with Gasteiger partial charge in [-0.05, 0) is 17.5 Å². The zero-order valence-corrected chi connectivity index (χ0v) is 11.7. The molecule has 1 aromatic rings. The quantitative estimate of drug-likeness (QED) is 0.839. The zero-order valence-electron chi connectivity index (χ0n) is 11.7. The van der Waals surface area contributed by atoms with Crippen LogP contribution < -0.4 is 5.32 Å². The first-order chi connectivity index (χ1) is 8.99. The molecule has 0 saturated carbocycles. The van der Waals surface area contributed by atoms with Crippen LogP contribution >= 0.6 is 0 Å². The molecule has 0 aliphatic heterocycles. The number of hydrogen-bond donors (Lipinski definition) is 1. The Hall–Kier alpha value is -1.91. The molecular formula is C14H21N3O2. The van der Waals surface area contributed by atoms with Crippen LogP contribution in [-0.2, 0) is 16.1 Å². The molecule has 0 saturated heterocycles. The summed E-state index contributed by atoms with van der Waals surface area (Å²) in [5.74, 6) is 0.111. The van der Waals surface area contributed by atoms with Crippen molar-refractivity contribution in [3.05, 3.63) is 30.1 Å². The minimum atomic E-state index is -0.153. The van der Waals surface area contributed by atoms with Crippen molar-refractivity contribution in [3.63, 3.8) is 0 Å². The summed E-state index contributed by atoms with van der Waals surface area (Å²) in [6.07, 6.45) is 3.39. The lowest BCUT2D eigenvalue weighted by Gasteiger charge is -2.22. The van der Waals surface area contributed by atoms with E-state index < -0.39 is 0 Å². The van der Waals surface area contributed by atoms with Gasteiger partial charge < -0.3 is 10.2 Å². The zero-order chi connectivity index (χ0) is 14.3. The van der Waals surface area contributed by atoms with E-state index in [4.69, 9.17) is 0 Å². The number of aromatic nitrogens is 1. The number of nitrogens with one attached hydrogen (secondary N) is 1. The Labute approximate surface area is 114 Å². The van der Waals surface area contributed by atoms with Gasteiger partial charge in [-0.3, -0.25) is 14.6 Å². The van der Waals surface area contributed by atoms with Gasteiger partial charge in [-0.15, -0.1) is 0 Å². The third-order valence-electron chi connectivity index (χ3n) is 2.58. The van der Waals surface area contributed by atoms with Crippen molar-refractivity contribution in [1.82, 2.24) is 15.2 Å². The fraction of sp³-hybridized carbons (Fsp3) is 0.500. The van der Waals surface area contributed by atoms with Gasteiger partial charge in [0.15, 0.2) is 0 Å². The summed E-state index contributed by atoms with van der Waals surface area (Å²) in [7, 11) is 0. The molecule has 0 fully saturated rings. The number of rotatable bonds is 6. The van der Waals surface area contributed by atoms with Crippen LogP contribution in [0.15, 0.2) is 24.5 Å². The molecule has 1 N–H and O–H groups in total. The van der Waals surface area contributed by atoms with Crippen molar-refractivity contribution in [2.45, 2.75) is 27.3 Å². The van der Waals surface area contributed by atoms with E-state index in [0.29, 0.717) is 19.0 Å². The second-order valence-corrected chi connectivity index (χ2v) is 4.93. The van der Waals surface area contributed by atoms with Gasteiger partial charge in [0.05, 0.1) is 6.54 Å². The van der Waals surface area contributed by atoms with Crippen molar-refractivity contribution in [2.24, 2.45) is 5.92 Å². The average Bonchev–Trinajstić information content (AvgIpc) is 2.36. The van der Waals surface area contributed by atoms with Crippen molar-refractivity contribution in [1.29, 1.82) is 0 Å². The van der Waals surface area contributed by atoms with Crippen LogP contribution in [0.1, 0.15) is 26.3 Å². The first-order valence-electron chi connectivity index (χ1n) is 6.40. The molecular weight excluding hydrogens is 242 g/mol. The van der Waals surface area contributed by atoms with Crippen molar-refractivity contribution >= 4 is 11.8 Å². The molecule has 0 atom stereocenters. The van der Waals surface area contributed by atoms with E-state index in [0.717, 1.165) is 5.56 Å². The minimum absolute atomic E-state index is 0.0785. The van der Waals surface area contributed by atoms with Crippen LogP contribution in [0, 0.1) is 5.92 Å². The molecule has 1 aromatic heterocycles. The van der Waals surface area contributed by atoms with Gasteiger partial charge in [0, 0.05) is 32.4 Å². The Morgan fingerprint density at radius 3 is 2.68 bits per heavy atom. The summed E-state index contributed by atoms with van der Waals surface area (Å²) >= 11 is 0. The number of pyridine rings is 1. The summed E-state index contributed by atoms with van der Waals surface area (Å²) in [6.45, 7) is 6.65. The molecule has 5 heteroatoms. The monoisotopic (exact) mass is 263 g/mol. The molecule has 1 heterocycles. The third-order valence-corrected chi connectivity index (χ3v) is 2.58. The number of carbonyl (C=O) groups is 2. The van der Waals surface area contributed by atoms with Gasteiger partial charge in [-0.25, -0.2) is 0 Å². The molecule has 1 rings (SSSR count). The highest BCUT2D eigenvalue weighted by atomic mass is 16.2. The Morgan fingerprint density at radius 2 is 2.16 bits per heavy atom. The van der Waals surface area contributed by atoms with Gasteiger partial charge in [-0.1, -0.05) is 19.9 Å². The number of carbonyl (C=O) groups excluding carboxylic acids is 2. The molecule has 0 aromatic carbocycles. The second-order valence-electron chi connectivity index (χ2n) is 4.93. The minimum Gasteiger partial charge on any atom is -0.350 e. The van der Waals surface area contributed by atoms with E-state index in [1.165, 1.54) is 6.92 Å². The van der Waals surface area contributed by atoms with Gasteiger partial charge in [0.2, 0.25) is 11.8 Å². The predicted octanol–water partition coefficient (Wildman–Crippen LogP) is 1.20. The van der Waals surface area contributed by atoms with Crippen LogP contribution in [0.3, 0.4) is 0 Å². The van der Waals surface area contributed by atoms with E-state index >= 15 is 0 Å². The van der Waals surface area contributed by atoms with E-state index in [9.17, 15) is 9.59 Å². The van der Waals surface area contributed by atoms with E-state index in [1.807, 2.05) is 26.0 Å². The fourth-order valence-electron chi connectivity index (χ4n) is 1.68. The normalized spacial score (nSPS) is 10.3. The summed E-state index contributed by atoms with van der Waals surface area (Å²) in [4.78, 5) is 28.7. The van der Waals surface area contributed by atoms with Gasteiger partial charge >= 0.3 is 0 Å². The summed E-state index contributed by atoms with van der Waals surface area (Å²) < 4.78 is 0. The summed E-state index contributed by atoms with van der Waals surface area (Å²) in [5.41, 5.74) is 0.939. The summed E-state index contributed by atoms with van der Waals surface area (Å²) in [6, 6.07) is 3.71. The van der Waals surface area contributed by atoms with Crippen LogP contribution in [0.4, 0.5) is 0 Å². The topological polar surface area (TPSA) is 62.3 Å². The first-order valence-corrected chi connectivity index (χ1v) is 6.40. The molecule has 0 radical (unpaired) electrons. The highest BCUT2D eigenvalue weighted by molar-refractivity contribution is 5.83. The van der Waals surface area contributed by atoms with Crippen LogP contribution in [0.25, 0.3) is 0 Å². The predicted molar refractivity (Wildman–Crippen MR) is 73.2 cm³/mol. The number of nitrogens with zero attached hydrogens (tertiary/aromatic N) is 2. The molecule has 0 unspecified atom stereocenters. The van der Waals surface area contributed by atoms with Crippen LogP contribution in [-0.4, -0.2) is 34.8 Å². The highest BCUT2D eigenvalue weighted by Crippen LogP contribution is 1.99. The Balaban J connectivity index is 2.42. The second kappa shape index (κ2) is 7.51. The van der Waals surface area contributed by atoms with E-state index in [1.54, 1.807) is 17.3 Å².